The van der Waals surface area contributed by atoms with Crippen LogP contribution in [0.15, 0.2) is 24.3 Å². The second-order valence-corrected chi connectivity index (χ2v) is 13.7. The number of unbranched alkanes of at least 4 members (excludes halogenated alkanes) is 27. The third-order valence-electron chi connectivity index (χ3n) is 9.19. The molecule has 0 unspecified atom stereocenters. The molecule has 0 aliphatic rings. The Labute approximate surface area is 281 Å². The largest absolute Gasteiger partial charge is 0.394 e. The molecule has 45 heavy (non-hydrogen) atoms. The van der Waals surface area contributed by atoms with Gasteiger partial charge in [-0.1, -0.05) is 199 Å². The van der Waals surface area contributed by atoms with Crippen LogP contribution in [0.2, 0.25) is 0 Å². The van der Waals surface area contributed by atoms with Gasteiger partial charge in [0, 0.05) is 6.42 Å². The average Bonchev–Trinajstić information content (AvgIpc) is 3.04. The smallest absolute Gasteiger partial charge is 0.220 e. The third-order valence-corrected chi connectivity index (χ3v) is 9.19. The first-order valence-electron chi connectivity index (χ1n) is 20.1. The van der Waals surface area contributed by atoms with Gasteiger partial charge in [0.25, 0.3) is 0 Å². The molecule has 0 bridgehead atoms. The predicted molar refractivity (Wildman–Crippen MR) is 198 cm³/mol. The van der Waals surface area contributed by atoms with Crippen LogP contribution in [0, 0.1) is 0 Å². The van der Waals surface area contributed by atoms with Gasteiger partial charge in [0.2, 0.25) is 5.91 Å². The van der Waals surface area contributed by atoms with Crippen LogP contribution in [0.25, 0.3) is 0 Å². The van der Waals surface area contributed by atoms with Gasteiger partial charge in [0.05, 0.1) is 18.8 Å². The molecule has 0 radical (unpaired) electrons. The van der Waals surface area contributed by atoms with Gasteiger partial charge in [-0.05, 0) is 32.1 Å². The molecule has 4 heteroatoms. The summed E-state index contributed by atoms with van der Waals surface area (Å²) in [7, 11) is 0. The van der Waals surface area contributed by atoms with Crippen molar-refractivity contribution in [1.82, 2.24) is 5.32 Å². The van der Waals surface area contributed by atoms with E-state index in [1.54, 1.807) is 6.08 Å². The van der Waals surface area contributed by atoms with Crippen molar-refractivity contribution in [3.05, 3.63) is 24.3 Å². The lowest BCUT2D eigenvalue weighted by Gasteiger charge is -2.19. The topological polar surface area (TPSA) is 69.6 Å². The second-order valence-electron chi connectivity index (χ2n) is 13.7. The van der Waals surface area contributed by atoms with Gasteiger partial charge in [0.15, 0.2) is 0 Å². The SMILES string of the molecule is CCCCCCCCCCCCC/C=C/CC/C=C/[C@@H](O)[C@H](CO)NC(=O)CCCCCCCCCCCCCCCCCC. The molecular formula is C41H79NO3. The maximum absolute atomic E-state index is 12.3. The van der Waals surface area contributed by atoms with E-state index in [1.807, 2.05) is 6.08 Å². The van der Waals surface area contributed by atoms with Crippen LogP contribution in [-0.2, 0) is 4.79 Å². The highest BCUT2D eigenvalue weighted by Gasteiger charge is 2.17. The van der Waals surface area contributed by atoms with E-state index in [-0.39, 0.29) is 12.5 Å². The Kier molecular flexibility index (Phi) is 36.4. The van der Waals surface area contributed by atoms with E-state index < -0.39 is 12.1 Å². The summed E-state index contributed by atoms with van der Waals surface area (Å²) in [5.74, 6) is -0.0720. The zero-order chi connectivity index (χ0) is 32.9. The molecule has 1 amide bonds. The lowest BCUT2D eigenvalue weighted by molar-refractivity contribution is -0.123. The van der Waals surface area contributed by atoms with E-state index in [4.69, 9.17) is 0 Å². The number of rotatable bonds is 36. The van der Waals surface area contributed by atoms with E-state index in [1.165, 1.54) is 161 Å². The molecule has 0 heterocycles. The number of allylic oxidation sites excluding steroid dienone is 3. The summed E-state index contributed by atoms with van der Waals surface area (Å²) < 4.78 is 0. The number of amides is 1. The minimum absolute atomic E-state index is 0.0720. The summed E-state index contributed by atoms with van der Waals surface area (Å²) in [5, 5.41) is 22.9. The first-order valence-corrected chi connectivity index (χ1v) is 20.1. The van der Waals surface area contributed by atoms with Crippen molar-refractivity contribution in [3.8, 4) is 0 Å². The van der Waals surface area contributed by atoms with Crippen LogP contribution in [0.1, 0.15) is 213 Å². The fourth-order valence-electron chi connectivity index (χ4n) is 6.08. The van der Waals surface area contributed by atoms with Gasteiger partial charge in [-0.25, -0.2) is 0 Å². The van der Waals surface area contributed by atoms with Crippen molar-refractivity contribution in [2.24, 2.45) is 0 Å². The fraction of sp³-hybridized carbons (Fsp3) is 0.878. The minimum atomic E-state index is -0.856. The van der Waals surface area contributed by atoms with E-state index in [0.29, 0.717) is 6.42 Å². The molecule has 0 saturated carbocycles. The quantitative estimate of drug-likeness (QED) is 0.0475. The van der Waals surface area contributed by atoms with Crippen molar-refractivity contribution in [2.75, 3.05) is 6.61 Å². The van der Waals surface area contributed by atoms with Crippen LogP contribution in [0.5, 0.6) is 0 Å². The Morgan fingerprint density at radius 2 is 0.867 bits per heavy atom. The molecule has 0 rings (SSSR count). The molecule has 0 spiro atoms. The molecular weight excluding hydrogens is 554 g/mol. The molecule has 3 N–H and O–H groups in total. The van der Waals surface area contributed by atoms with Gasteiger partial charge in [-0.3, -0.25) is 4.79 Å². The fourth-order valence-corrected chi connectivity index (χ4v) is 6.08. The highest BCUT2D eigenvalue weighted by molar-refractivity contribution is 5.76. The third kappa shape index (κ3) is 34.0. The van der Waals surface area contributed by atoms with E-state index in [0.717, 1.165) is 32.1 Å². The molecule has 0 aromatic carbocycles. The lowest BCUT2D eigenvalue weighted by Crippen LogP contribution is -2.45. The van der Waals surface area contributed by atoms with Gasteiger partial charge < -0.3 is 15.5 Å². The number of hydrogen-bond donors (Lipinski definition) is 3. The summed E-state index contributed by atoms with van der Waals surface area (Å²) in [6, 6.07) is -0.633. The van der Waals surface area contributed by atoms with Gasteiger partial charge in [-0.15, -0.1) is 0 Å². The number of aliphatic hydroxyl groups excluding tert-OH is 2. The predicted octanol–water partition coefficient (Wildman–Crippen LogP) is 12.1. The normalized spacial score (nSPS) is 13.2. The second kappa shape index (κ2) is 37.3. The molecule has 4 nitrogen and oxygen atoms in total. The van der Waals surface area contributed by atoms with Crippen molar-refractivity contribution < 1.29 is 15.0 Å². The maximum Gasteiger partial charge on any atom is 0.220 e. The Bertz CT molecular complexity index is 647. The van der Waals surface area contributed by atoms with Gasteiger partial charge in [-0.2, -0.15) is 0 Å². The van der Waals surface area contributed by atoms with Crippen LogP contribution >= 0.6 is 0 Å². The molecule has 0 fully saturated rings. The van der Waals surface area contributed by atoms with E-state index in [9.17, 15) is 15.0 Å². The number of carbonyl (C=O) groups is 1. The molecule has 0 saturated heterocycles. The van der Waals surface area contributed by atoms with Crippen molar-refractivity contribution >= 4 is 5.91 Å². The van der Waals surface area contributed by atoms with Crippen LogP contribution in [0.4, 0.5) is 0 Å². The molecule has 0 aliphatic carbocycles. The van der Waals surface area contributed by atoms with Crippen LogP contribution in [0.3, 0.4) is 0 Å². The first-order chi connectivity index (χ1) is 22.2. The maximum atomic E-state index is 12.3. The Balaban J connectivity index is 3.62. The minimum Gasteiger partial charge on any atom is -0.394 e. The zero-order valence-corrected chi connectivity index (χ0v) is 30.4. The van der Waals surface area contributed by atoms with Crippen molar-refractivity contribution in [1.29, 1.82) is 0 Å². The van der Waals surface area contributed by atoms with E-state index in [2.05, 4.69) is 31.3 Å². The van der Waals surface area contributed by atoms with Gasteiger partial charge >= 0.3 is 0 Å². The summed E-state index contributed by atoms with van der Waals surface area (Å²) in [6.45, 7) is 4.30. The number of carbonyl (C=O) groups excluding carboxylic acids is 1. The summed E-state index contributed by atoms with van der Waals surface area (Å²) in [4.78, 5) is 12.3. The summed E-state index contributed by atoms with van der Waals surface area (Å²) >= 11 is 0. The summed E-state index contributed by atoms with van der Waals surface area (Å²) in [6.07, 6.45) is 47.0. The molecule has 0 aromatic rings. The molecule has 2 atom stereocenters. The van der Waals surface area contributed by atoms with Crippen LogP contribution in [-0.4, -0.2) is 34.9 Å². The van der Waals surface area contributed by atoms with E-state index >= 15 is 0 Å². The Morgan fingerprint density at radius 3 is 1.29 bits per heavy atom. The Morgan fingerprint density at radius 1 is 0.511 bits per heavy atom. The molecule has 0 aliphatic heterocycles. The summed E-state index contributed by atoms with van der Waals surface area (Å²) in [5.41, 5.74) is 0. The zero-order valence-electron chi connectivity index (χ0n) is 30.4. The molecule has 266 valence electrons. The number of aliphatic hydroxyl groups is 2. The first kappa shape index (κ1) is 43.9. The van der Waals surface area contributed by atoms with Crippen molar-refractivity contribution in [3.63, 3.8) is 0 Å². The monoisotopic (exact) mass is 634 g/mol. The highest BCUT2D eigenvalue weighted by Crippen LogP contribution is 2.15. The van der Waals surface area contributed by atoms with Crippen LogP contribution < -0.4 is 5.32 Å². The molecule has 0 aromatic heterocycles. The van der Waals surface area contributed by atoms with Crippen molar-refractivity contribution in [2.45, 2.75) is 225 Å². The standard InChI is InChI=1S/C41H79NO3/c1-3-5-7-9-11-13-15-17-19-21-22-24-26-28-30-32-34-36-40(44)39(38-43)42-41(45)37-35-33-31-29-27-25-23-20-18-16-14-12-10-8-6-4-2/h26,28,34,36,39-40,43-44H,3-25,27,29-33,35,37-38H2,1-2H3,(H,42,45)/b28-26+,36-34+/t39-,40+/m0/s1. The number of hydrogen-bond acceptors (Lipinski definition) is 3. The van der Waals surface area contributed by atoms with Gasteiger partial charge in [0.1, 0.15) is 0 Å². The average molecular weight is 634 g/mol. The Hall–Kier alpha value is -1.13. The lowest BCUT2D eigenvalue weighted by atomic mass is 10.0. The highest BCUT2D eigenvalue weighted by atomic mass is 16.3. The number of nitrogens with one attached hydrogen (secondary N) is 1.